The van der Waals surface area contributed by atoms with E-state index in [2.05, 4.69) is 10.3 Å². The number of aryl methyl sites for hydroxylation is 1. The molecule has 0 radical (unpaired) electrons. The number of H-pyrrole nitrogens is 1. The van der Waals surface area contributed by atoms with Crippen molar-refractivity contribution in [3.63, 3.8) is 0 Å². The summed E-state index contributed by atoms with van der Waals surface area (Å²) >= 11 is 0. The largest absolute Gasteiger partial charge is 0.370 e. The first kappa shape index (κ1) is 14.0. The molecule has 1 aromatic heterocycles. The molecule has 0 aliphatic rings. The van der Waals surface area contributed by atoms with Gasteiger partial charge >= 0.3 is 0 Å². The predicted octanol–water partition coefficient (Wildman–Crippen LogP) is 0.0671. The number of aromatic nitrogens is 1. The van der Waals surface area contributed by atoms with Crippen molar-refractivity contribution in [2.24, 2.45) is 5.73 Å². The lowest BCUT2D eigenvalue weighted by Crippen LogP contribution is -2.47. The summed E-state index contributed by atoms with van der Waals surface area (Å²) in [5.74, 6) is -1.04. The second-order valence-electron chi connectivity index (χ2n) is 4.88. The van der Waals surface area contributed by atoms with Gasteiger partial charge in [0.25, 0.3) is 5.91 Å². The van der Waals surface area contributed by atoms with Crippen LogP contribution in [0.3, 0.4) is 0 Å². The van der Waals surface area contributed by atoms with Gasteiger partial charge in [0.15, 0.2) is 5.43 Å². The smallest absolute Gasteiger partial charge is 0.257 e. The first-order valence-electron chi connectivity index (χ1n) is 5.51. The molecule has 0 spiro atoms. The zero-order valence-corrected chi connectivity index (χ0v) is 10.7. The van der Waals surface area contributed by atoms with E-state index in [9.17, 15) is 14.4 Å². The molecule has 6 heteroatoms. The monoisotopic (exact) mass is 251 g/mol. The summed E-state index contributed by atoms with van der Waals surface area (Å²) in [5, 5.41) is 2.60. The van der Waals surface area contributed by atoms with Gasteiger partial charge in [0.05, 0.1) is 0 Å². The van der Waals surface area contributed by atoms with Crippen LogP contribution in [-0.2, 0) is 4.79 Å². The fourth-order valence-corrected chi connectivity index (χ4v) is 1.61. The molecule has 0 aliphatic carbocycles. The molecule has 98 valence electrons. The average molecular weight is 251 g/mol. The van der Waals surface area contributed by atoms with Gasteiger partial charge in [-0.2, -0.15) is 0 Å². The van der Waals surface area contributed by atoms with Crippen molar-refractivity contribution >= 4 is 11.8 Å². The minimum Gasteiger partial charge on any atom is -0.370 e. The molecule has 0 unspecified atom stereocenters. The van der Waals surface area contributed by atoms with Gasteiger partial charge in [-0.25, -0.2) is 0 Å². The van der Waals surface area contributed by atoms with Crippen LogP contribution in [0.1, 0.15) is 36.3 Å². The molecule has 1 aromatic rings. The third-order valence-corrected chi connectivity index (χ3v) is 2.37. The number of carbonyl (C=O) groups is 2. The molecule has 0 atom stereocenters. The average Bonchev–Trinajstić information content (AvgIpc) is 2.13. The fraction of sp³-hybridized carbons (Fsp3) is 0.417. The van der Waals surface area contributed by atoms with Crippen LogP contribution in [0.4, 0.5) is 0 Å². The first-order chi connectivity index (χ1) is 8.21. The number of primary amides is 1. The highest BCUT2D eigenvalue weighted by Gasteiger charge is 2.24. The second kappa shape index (κ2) is 5.03. The van der Waals surface area contributed by atoms with Crippen LogP contribution in [0.25, 0.3) is 0 Å². The minimum absolute atomic E-state index is 0.00249. The molecule has 0 fully saturated rings. The van der Waals surface area contributed by atoms with E-state index in [1.807, 2.05) is 0 Å². The Kier molecular flexibility index (Phi) is 3.90. The van der Waals surface area contributed by atoms with Gasteiger partial charge < -0.3 is 16.0 Å². The van der Waals surface area contributed by atoms with Crippen LogP contribution in [0, 0.1) is 6.92 Å². The Balaban J connectivity index is 2.89. The summed E-state index contributed by atoms with van der Waals surface area (Å²) in [6.45, 7) is 5.05. The summed E-state index contributed by atoms with van der Waals surface area (Å²) in [7, 11) is 0. The maximum Gasteiger partial charge on any atom is 0.257 e. The van der Waals surface area contributed by atoms with E-state index in [-0.39, 0.29) is 17.4 Å². The summed E-state index contributed by atoms with van der Waals surface area (Å²) in [6.07, 6.45) is 1.36. The summed E-state index contributed by atoms with van der Waals surface area (Å²) in [5.41, 5.74) is 4.62. The zero-order chi connectivity index (χ0) is 13.9. The van der Waals surface area contributed by atoms with E-state index in [4.69, 9.17) is 5.73 Å². The maximum atomic E-state index is 11.9. The van der Waals surface area contributed by atoms with E-state index in [0.717, 1.165) is 0 Å². The standard InChI is InChI=1S/C12H17N3O3/c1-7-4-9(16)8(6-14-7)11(18)15-12(2,3)5-10(13)17/h4,6H,5H2,1-3H3,(H2,13,17)(H,14,16)(H,15,18). The zero-order valence-electron chi connectivity index (χ0n) is 10.7. The van der Waals surface area contributed by atoms with E-state index in [0.29, 0.717) is 5.69 Å². The van der Waals surface area contributed by atoms with E-state index >= 15 is 0 Å². The highest BCUT2D eigenvalue weighted by molar-refractivity contribution is 5.94. The number of carbonyl (C=O) groups excluding carboxylic acids is 2. The Morgan fingerprint density at radius 1 is 1.44 bits per heavy atom. The van der Waals surface area contributed by atoms with Gasteiger partial charge in [0.2, 0.25) is 5.91 Å². The number of nitrogens with two attached hydrogens (primary N) is 1. The van der Waals surface area contributed by atoms with E-state index in [1.54, 1.807) is 20.8 Å². The van der Waals surface area contributed by atoms with Gasteiger partial charge in [-0.15, -0.1) is 0 Å². The second-order valence-corrected chi connectivity index (χ2v) is 4.88. The lowest BCUT2D eigenvalue weighted by molar-refractivity contribution is -0.119. The lowest BCUT2D eigenvalue weighted by Gasteiger charge is -2.24. The van der Waals surface area contributed by atoms with Crippen LogP contribution in [0.15, 0.2) is 17.1 Å². The molecular formula is C12H17N3O3. The molecular weight excluding hydrogens is 234 g/mol. The Morgan fingerprint density at radius 3 is 2.56 bits per heavy atom. The Hall–Kier alpha value is -2.11. The van der Waals surface area contributed by atoms with Crippen molar-refractivity contribution < 1.29 is 9.59 Å². The quantitative estimate of drug-likeness (QED) is 0.705. The Labute approximate surface area is 105 Å². The molecule has 0 aliphatic heterocycles. The molecule has 6 nitrogen and oxygen atoms in total. The molecule has 0 saturated heterocycles. The van der Waals surface area contributed by atoms with Crippen LogP contribution < -0.4 is 16.5 Å². The number of rotatable bonds is 4. The van der Waals surface area contributed by atoms with Crippen LogP contribution in [0.5, 0.6) is 0 Å². The molecule has 0 aromatic carbocycles. The third kappa shape index (κ3) is 3.73. The van der Waals surface area contributed by atoms with Crippen molar-refractivity contribution in [2.45, 2.75) is 32.7 Å². The molecule has 0 saturated carbocycles. The van der Waals surface area contributed by atoms with Gasteiger partial charge in [0.1, 0.15) is 5.56 Å². The molecule has 1 heterocycles. The number of hydrogen-bond donors (Lipinski definition) is 3. The number of amides is 2. The Bertz CT molecular complexity index is 532. The van der Waals surface area contributed by atoms with Gasteiger partial charge in [-0.1, -0.05) is 0 Å². The normalized spacial score (nSPS) is 11.1. The van der Waals surface area contributed by atoms with Crippen molar-refractivity contribution in [3.8, 4) is 0 Å². The summed E-state index contributed by atoms with van der Waals surface area (Å²) < 4.78 is 0. The Morgan fingerprint density at radius 2 is 2.06 bits per heavy atom. The SMILES string of the molecule is Cc1cc(=O)c(C(=O)NC(C)(C)CC(N)=O)c[nH]1. The van der Waals surface area contributed by atoms with Crippen molar-refractivity contribution in [2.75, 3.05) is 0 Å². The van der Waals surface area contributed by atoms with Crippen LogP contribution >= 0.6 is 0 Å². The minimum atomic E-state index is -0.791. The van der Waals surface area contributed by atoms with Gasteiger partial charge in [-0.05, 0) is 20.8 Å². The summed E-state index contributed by atoms with van der Waals surface area (Å²) in [6, 6.07) is 1.34. The number of aromatic amines is 1. The molecule has 4 N–H and O–H groups in total. The fourth-order valence-electron chi connectivity index (χ4n) is 1.61. The predicted molar refractivity (Wildman–Crippen MR) is 67.2 cm³/mol. The first-order valence-corrected chi connectivity index (χ1v) is 5.51. The summed E-state index contributed by atoms with van der Waals surface area (Å²) in [4.78, 5) is 37.2. The highest BCUT2D eigenvalue weighted by atomic mass is 16.2. The van der Waals surface area contributed by atoms with Gasteiger partial charge in [0, 0.05) is 29.9 Å². The lowest BCUT2D eigenvalue weighted by atomic mass is 10.00. The van der Waals surface area contributed by atoms with E-state index < -0.39 is 17.4 Å². The third-order valence-electron chi connectivity index (χ3n) is 2.37. The molecule has 0 bridgehead atoms. The molecule has 2 amide bonds. The van der Waals surface area contributed by atoms with Crippen LogP contribution in [0.2, 0.25) is 0 Å². The van der Waals surface area contributed by atoms with Crippen molar-refractivity contribution in [1.82, 2.24) is 10.3 Å². The number of pyridine rings is 1. The topological polar surface area (TPSA) is 105 Å². The molecule has 1 rings (SSSR count). The highest BCUT2D eigenvalue weighted by Crippen LogP contribution is 2.08. The van der Waals surface area contributed by atoms with Crippen LogP contribution in [-0.4, -0.2) is 22.3 Å². The number of nitrogens with one attached hydrogen (secondary N) is 2. The van der Waals surface area contributed by atoms with Gasteiger partial charge in [-0.3, -0.25) is 14.4 Å². The van der Waals surface area contributed by atoms with E-state index in [1.165, 1.54) is 12.3 Å². The van der Waals surface area contributed by atoms with Crippen molar-refractivity contribution in [3.05, 3.63) is 33.7 Å². The van der Waals surface area contributed by atoms with Crippen molar-refractivity contribution in [1.29, 1.82) is 0 Å². The number of hydrogen-bond acceptors (Lipinski definition) is 3. The maximum absolute atomic E-state index is 11.9. The molecule has 18 heavy (non-hydrogen) atoms.